The second-order valence-electron chi connectivity index (χ2n) is 5.28. The second-order valence-corrected chi connectivity index (χ2v) is 5.63. The fraction of sp³-hybridized carbons (Fsp3) is 0.692. The van der Waals surface area contributed by atoms with Crippen molar-refractivity contribution < 1.29 is 0 Å². The van der Waals surface area contributed by atoms with Gasteiger partial charge in [-0.15, -0.1) is 0 Å². The maximum atomic E-state index is 6.04. The molecule has 1 N–H and O–H groups in total. The molecule has 1 aromatic heterocycles. The number of nitrogens with one attached hydrogen (secondary N) is 1. The third-order valence-corrected chi connectivity index (χ3v) is 4.58. The van der Waals surface area contributed by atoms with Crippen molar-refractivity contribution in [2.24, 2.45) is 0 Å². The molecule has 2 saturated heterocycles. The van der Waals surface area contributed by atoms with E-state index in [9.17, 15) is 0 Å². The summed E-state index contributed by atoms with van der Waals surface area (Å²) in [5, 5.41) is 4.12. The number of anilines is 1. The number of fused-ring (bicyclic) bond motifs is 1. The Labute approximate surface area is 113 Å². The van der Waals surface area contributed by atoms with E-state index < -0.39 is 0 Å². The van der Waals surface area contributed by atoms with Crippen LogP contribution in [0.15, 0.2) is 6.33 Å². The second kappa shape index (κ2) is 5.02. The smallest absolute Gasteiger partial charge is 0.137 e. The molecule has 3 heterocycles. The summed E-state index contributed by atoms with van der Waals surface area (Å²) in [4.78, 5) is 10.9. The Morgan fingerprint density at radius 1 is 1.28 bits per heavy atom. The predicted molar refractivity (Wildman–Crippen MR) is 73.0 cm³/mol. The zero-order valence-corrected chi connectivity index (χ0v) is 11.5. The van der Waals surface area contributed by atoms with E-state index in [2.05, 4.69) is 20.2 Å². The highest BCUT2D eigenvalue weighted by Gasteiger charge is 2.35. The van der Waals surface area contributed by atoms with Crippen molar-refractivity contribution in [2.45, 2.75) is 44.7 Å². The highest BCUT2D eigenvalue weighted by Crippen LogP contribution is 2.30. The molecule has 18 heavy (non-hydrogen) atoms. The summed E-state index contributed by atoms with van der Waals surface area (Å²) in [6, 6.07) is 1.18. The third kappa shape index (κ3) is 2.19. The van der Waals surface area contributed by atoms with E-state index in [0.29, 0.717) is 17.2 Å². The Morgan fingerprint density at radius 3 is 3.06 bits per heavy atom. The molecular weight excluding hydrogens is 248 g/mol. The number of halogens is 1. The number of hydrogen-bond donors (Lipinski definition) is 1. The lowest BCUT2D eigenvalue weighted by molar-refractivity contribution is 0.192. The van der Waals surface area contributed by atoms with Crippen LogP contribution in [0.25, 0.3) is 0 Å². The molecule has 0 bridgehead atoms. The third-order valence-electron chi connectivity index (χ3n) is 4.20. The zero-order chi connectivity index (χ0) is 12.5. The largest absolute Gasteiger partial charge is 0.365 e. The first-order valence-corrected chi connectivity index (χ1v) is 7.11. The van der Waals surface area contributed by atoms with E-state index in [1.807, 2.05) is 6.92 Å². The number of nitrogens with zero attached hydrogens (tertiary/aromatic N) is 3. The van der Waals surface area contributed by atoms with Gasteiger partial charge in [0.2, 0.25) is 0 Å². The van der Waals surface area contributed by atoms with E-state index in [0.717, 1.165) is 11.4 Å². The summed E-state index contributed by atoms with van der Waals surface area (Å²) in [7, 11) is 0. The maximum absolute atomic E-state index is 6.04. The van der Waals surface area contributed by atoms with Gasteiger partial charge in [0, 0.05) is 24.2 Å². The first-order chi connectivity index (χ1) is 8.75. The minimum absolute atomic E-state index is 0.509. The van der Waals surface area contributed by atoms with Crippen LogP contribution in [0.4, 0.5) is 5.82 Å². The van der Waals surface area contributed by atoms with Gasteiger partial charge in [-0.25, -0.2) is 9.97 Å². The molecule has 0 spiro atoms. The van der Waals surface area contributed by atoms with Crippen molar-refractivity contribution in [1.82, 2.24) is 14.9 Å². The van der Waals surface area contributed by atoms with Crippen molar-refractivity contribution in [2.75, 3.05) is 18.4 Å². The van der Waals surface area contributed by atoms with Gasteiger partial charge in [-0.3, -0.25) is 4.90 Å². The topological polar surface area (TPSA) is 41.1 Å². The highest BCUT2D eigenvalue weighted by molar-refractivity contribution is 6.30. The quantitative estimate of drug-likeness (QED) is 0.835. The number of hydrogen-bond acceptors (Lipinski definition) is 4. The molecule has 3 rings (SSSR count). The first-order valence-electron chi connectivity index (χ1n) is 6.73. The minimum atomic E-state index is 0.509. The molecular formula is C13H19ClN4. The molecule has 0 aliphatic carbocycles. The van der Waals surface area contributed by atoms with Crippen molar-refractivity contribution in [3.05, 3.63) is 17.0 Å². The predicted octanol–water partition coefficient (Wildman–Crippen LogP) is 2.48. The standard InChI is InChI=1S/C13H19ClN4/c1-9-12(14)15-8-16-13(9)17-10-5-7-18-6-3-2-4-11(10)18/h8,10-11H,2-7H2,1H3,(H,15,16,17). The van der Waals surface area contributed by atoms with E-state index in [-0.39, 0.29) is 0 Å². The van der Waals surface area contributed by atoms with Crippen molar-refractivity contribution in [3.8, 4) is 0 Å². The molecule has 2 fully saturated rings. The van der Waals surface area contributed by atoms with Crippen molar-refractivity contribution >= 4 is 17.4 Å². The van der Waals surface area contributed by atoms with Crippen molar-refractivity contribution in [1.29, 1.82) is 0 Å². The summed E-state index contributed by atoms with van der Waals surface area (Å²) in [5.41, 5.74) is 0.952. The summed E-state index contributed by atoms with van der Waals surface area (Å²) in [5.74, 6) is 0.896. The van der Waals surface area contributed by atoms with Gasteiger partial charge in [0.05, 0.1) is 0 Å². The van der Waals surface area contributed by atoms with Gasteiger partial charge in [0.1, 0.15) is 17.3 Å². The fourth-order valence-electron chi connectivity index (χ4n) is 3.17. The van der Waals surface area contributed by atoms with E-state index in [1.165, 1.54) is 45.1 Å². The minimum Gasteiger partial charge on any atom is -0.365 e. The fourth-order valence-corrected chi connectivity index (χ4v) is 3.30. The molecule has 2 aliphatic rings. The number of piperidine rings is 1. The van der Waals surface area contributed by atoms with Gasteiger partial charge in [0.25, 0.3) is 0 Å². The lowest BCUT2D eigenvalue weighted by Crippen LogP contribution is -2.41. The lowest BCUT2D eigenvalue weighted by atomic mass is 9.99. The molecule has 2 atom stereocenters. The van der Waals surface area contributed by atoms with Crippen LogP contribution >= 0.6 is 11.6 Å². The van der Waals surface area contributed by atoms with Crippen LogP contribution in [0.1, 0.15) is 31.2 Å². The van der Waals surface area contributed by atoms with Gasteiger partial charge in [0.15, 0.2) is 0 Å². The van der Waals surface area contributed by atoms with E-state index in [1.54, 1.807) is 0 Å². The summed E-state index contributed by atoms with van der Waals surface area (Å²) < 4.78 is 0. The van der Waals surface area contributed by atoms with Crippen LogP contribution in [0.3, 0.4) is 0 Å². The molecule has 4 nitrogen and oxygen atoms in total. The molecule has 0 saturated carbocycles. The Morgan fingerprint density at radius 2 is 2.17 bits per heavy atom. The van der Waals surface area contributed by atoms with Gasteiger partial charge < -0.3 is 5.32 Å². The molecule has 1 aromatic rings. The summed E-state index contributed by atoms with van der Waals surface area (Å²) in [6.45, 7) is 4.44. The zero-order valence-electron chi connectivity index (χ0n) is 10.7. The summed E-state index contributed by atoms with van der Waals surface area (Å²) in [6.07, 6.45) is 6.73. The highest BCUT2D eigenvalue weighted by atomic mass is 35.5. The molecule has 2 aliphatic heterocycles. The van der Waals surface area contributed by atoms with Crippen LogP contribution in [0.2, 0.25) is 5.15 Å². The van der Waals surface area contributed by atoms with Gasteiger partial charge in [-0.2, -0.15) is 0 Å². The summed E-state index contributed by atoms with van der Waals surface area (Å²) >= 11 is 6.04. The van der Waals surface area contributed by atoms with Crippen molar-refractivity contribution in [3.63, 3.8) is 0 Å². The molecule has 5 heteroatoms. The van der Waals surface area contributed by atoms with Crippen LogP contribution in [-0.4, -0.2) is 40.0 Å². The number of aromatic nitrogens is 2. The Bertz CT molecular complexity index is 437. The van der Waals surface area contributed by atoms with E-state index in [4.69, 9.17) is 11.6 Å². The Balaban J connectivity index is 1.74. The average Bonchev–Trinajstić information content (AvgIpc) is 2.79. The van der Waals surface area contributed by atoms with Crippen LogP contribution in [-0.2, 0) is 0 Å². The normalized spacial score (nSPS) is 28.1. The molecule has 98 valence electrons. The lowest BCUT2D eigenvalue weighted by Gasteiger charge is -2.32. The molecule has 0 amide bonds. The Hall–Kier alpha value is -0.870. The van der Waals surface area contributed by atoms with Crippen LogP contribution in [0.5, 0.6) is 0 Å². The average molecular weight is 267 g/mol. The van der Waals surface area contributed by atoms with Gasteiger partial charge in [-0.1, -0.05) is 18.0 Å². The SMILES string of the molecule is Cc1c(Cl)ncnc1NC1CCN2CCCCC12. The van der Waals surface area contributed by atoms with Gasteiger partial charge >= 0.3 is 0 Å². The van der Waals surface area contributed by atoms with Crippen LogP contribution < -0.4 is 5.32 Å². The first kappa shape index (κ1) is 12.2. The monoisotopic (exact) mass is 266 g/mol. The molecule has 0 radical (unpaired) electrons. The Kier molecular flexibility index (Phi) is 3.39. The number of rotatable bonds is 2. The molecule has 0 aromatic carbocycles. The molecule has 2 unspecified atom stereocenters. The van der Waals surface area contributed by atoms with E-state index >= 15 is 0 Å². The van der Waals surface area contributed by atoms with Gasteiger partial charge in [-0.05, 0) is 32.7 Å². The van der Waals surface area contributed by atoms with Crippen LogP contribution in [0, 0.1) is 6.92 Å². The maximum Gasteiger partial charge on any atom is 0.137 e.